The second-order valence-corrected chi connectivity index (χ2v) is 5.56. The zero-order valence-corrected chi connectivity index (χ0v) is 10.3. The van der Waals surface area contributed by atoms with Crippen LogP contribution in [-0.4, -0.2) is 17.5 Å². The average Bonchev–Trinajstić information content (AvgIpc) is 2.29. The van der Waals surface area contributed by atoms with Crippen LogP contribution >= 0.6 is 11.8 Å². The van der Waals surface area contributed by atoms with Crippen molar-refractivity contribution in [3.8, 4) is 6.07 Å². The Morgan fingerprint density at radius 3 is 2.50 bits per heavy atom. The highest BCUT2D eigenvalue weighted by molar-refractivity contribution is 8.00. The SMILES string of the molecule is CSC1(CNc2ccc(C#N)cc2)CCC1. The van der Waals surface area contributed by atoms with E-state index < -0.39 is 0 Å². The summed E-state index contributed by atoms with van der Waals surface area (Å²) in [5.74, 6) is 0. The van der Waals surface area contributed by atoms with Gasteiger partial charge in [0.15, 0.2) is 0 Å². The maximum atomic E-state index is 8.70. The Hall–Kier alpha value is -1.14. The molecule has 2 rings (SSSR count). The lowest BCUT2D eigenvalue weighted by Gasteiger charge is -2.40. The molecule has 16 heavy (non-hydrogen) atoms. The lowest BCUT2D eigenvalue weighted by molar-refractivity contribution is 0.380. The summed E-state index contributed by atoms with van der Waals surface area (Å²) in [6.07, 6.45) is 6.18. The summed E-state index contributed by atoms with van der Waals surface area (Å²) in [6, 6.07) is 9.80. The Labute approximate surface area is 101 Å². The Bertz CT molecular complexity index is 382. The van der Waals surface area contributed by atoms with Gasteiger partial charge in [-0.3, -0.25) is 0 Å². The highest BCUT2D eigenvalue weighted by Gasteiger charge is 2.35. The molecule has 2 nitrogen and oxygen atoms in total. The van der Waals surface area contributed by atoms with Crippen LogP contribution in [0.25, 0.3) is 0 Å². The van der Waals surface area contributed by atoms with Crippen LogP contribution in [0, 0.1) is 11.3 Å². The van der Waals surface area contributed by atoms with E-state index in [1.807, 2.05) is 36.0 Å². The first-order valence-electron chi connectivity index (χ1n) is 5.57. The minimum absolute atomic E-state index is 0.452. The number of nitrogens with zero attached hydrogens (tertiary/aromatic N) is 1. The number of benzene rings is 1. The first kappa shape index (κ1) is 11.3. The summed E-state index contributed by atoms with van der Waals surface area (Å²) in [4.78, 5) is 0. The molecule has 1 fully saturated rings. The molecule has 0 unspecified atom stereocenters. The maximum absolute atomic E-state index is 8.70. The van der Waals surface area contributed by atoms with Gasteiger partial charge in [0.05, 0.1) is 11.6 Å². The summed E-state index contributed by atoms with van der Waals surface area (Å²) in [6.45, 7) is 1.03. The van der Waals surface area contributed by atoms with Crippen LogP contribution < -0.4 is 5.32 Å². The molecule has 0 heterocycles. The third-order valence-electron chi connectivity index (χ3n) is 3.33. The first-order valence-corrected chi connectivity index (χ1v) is 6.80. The highest BCUT2D eigenvalue weighted by Crippen LogP contribution is 2.42. The van der Waals surface area contributed by atoms with Crippen LogP contribution in [0.15, 0.2) is 24.3 Å². The molecule has 0 amide bonds. The lowest BCUT2D eigenvalue weighted by atomic mass is 9.84. The second kappa shape index (κ2) is 4.80. The molecule has 1 aliphatic carbocycles. The molecule has 0 saturated heterocycles. The third-order valence-corrected chi connectivity index (χ3v) is 4.75. The van der Waals surface area contributed by atoms with E-state index in [0.717, 1.165) is 12.2 Å². The lowest BCUT2D eigenvalue weighted by Crippen LogP contribution is -2.40. The Kier molecular flexibility index (Phi) is 3.40. The third kappa shape index (κ3) is 2.33. The van der Waals surface area contributed by atoms with Crippen molar-refractivity contribution >= 4 is 17.4 Å². The largest absolute Gasteiger partial charge is 0.384 e. The van der Waals surface area contributed by atoms with E-state index in [0.29, 0.717) is 10.3 Å². The average molecular weight is 232 g/mol. The number of hydrogen-bond donors (Lipinski definition) is 1. The molecule has 0 atom stereocenters. The number of hydrogen-bond acceptors (Lipinski definition) is 3. The molecule has 0 aromatic heterocycles. The quantitative estimate of drug-likeness (QED) is 0.865. The molecule has 0 aliphatic heterocycles. The van der Waals surface area contributed by atoms with Crippen molar-refractivity contribution in [2.24, 2.45) is 0 Å². The fourth-order valence-corrected chi connectivity index (χ4v) is 2.86. The maximum Gasteiger partial charge on any atom is 0.0991 e. The molecule has 1 aromatic carbocycles. The smallest absolute Gasteiger partial charge is 0.0991 e. The second-order valence-electron chi connectivity index (χ2n) is 4.28. The minimum Gasteiger partial charge on any atom is -0.384 e. The van der Waals surface area contributed by atoms with E-state index in [-0.39, 0.29) is 0 Å². The van der Waals surface area contributed by atoms with E-state index in [9.17, 15) is 0 Å². The summed E-state index contributed by atoms with van der Waals surface area (Å²) < 4.78 is 0.452. The van der Waals surface area contributed by atoms with Crippen molar-refractivity contribution in [3.63, 3.8) is 0 Å². The van der Waals surface area contributed by atoms with Gasteiger partial charge in [-0.05, 0) is 43.4 Å². The molecular weight excluding hydrogens is 216 g/mol. The summed E-state index contributed by atoms with van der Waals surface area (Å²) in [5, 5.41) is 12.2. The van der Waals surface area contributed by atoms with Gasteiger partial charge in [-0.1, -0.05) is 6.42 Å². The highest BCUT2D eigenvalue weighted by atomic mass is 32.2. The van der Waals surface area contributed by atoms with E-state index in [1.165, 1.54) is 19.3 Å². The predicted molar refractivity (Wildman–Crippen MR) is 69.7 cm³/mol. The Morgan fingerprint density at radius 2 is 2.06 bits per heavy atom. The molecule has 1 aromatic rings. The summed E-state index contributed by atoms with van der Waals surface area (Å²) in [7, 11) is 0. The summed E-state index contributed by atoms with van der Waals surface area (Å²) >= 11 is 1.97. The molecule has 0 bridgehead atoms. The van der Waals surface area contributed by atoms with E-state index in [1.54, 1.807) is 0 Å². The van der Waals surface area contributed by atoms with Crippen molar-refractivity contribution in [1.82, 2.24) is 0 Å². The zero-order valence-electron chi connectivity index (χ0n) is 9.49. The van der Waals surface area contributed by atoms with Gasteiger partial charge in [0, 0.05) is 17.0 Å². The van der Waals surface area contributed by atoms with Crippen LogP contribution in [0.4, 0.5) is 5.69 Å². The minimum atomic E-state index is 0.452. The Morgan fingerprint density at radius 1 is 1.38 bits per heavy atom. The van der Waals surface area contributed by atoms with Gasteiger partial charge in [0.1, 0.15) is 0 Å². The normalized spacial score (nSPS) is 17.2. The monoisotopic (exact) mass is 232 g/mol. The van der Waals surface area contributed by atoms with Gasteiger partial charge in [0.25, 0.3) is 0 Å². The molecule has 0 spiro atoms. The van der Waals surface area contributed by atoms with Gasteiger partial charge in [-0.25, -0.2) is 0 Å². The molecule has 1 N–H and O–H groups in total. The fraction of sp³-hybridized carbons (Fsp3) is 0.462. The van der Waals surface area contributed by atoms with Crippen molar-refractivity contribution in [1.29, 1.82) is 5.26 Å². The number of rotatable bonds is 4. The zero-order chi connectivity index (χ0) is 11.4. The molecule has 0 radical (unpaired) electrons. The van der Waals surface area contributed by atoms with Gasteiger partial charge in [-0.15, -0.1) is 0 Å². The van der Waals surface area contributed by atoms with Crippen molar-refractivity contribution in [2.45, 2.75) is 24.0 Å². The molecule has 3 heteroatoms. The summed E-state index contributed by atoms with van der Waals surface area (Å²) in [5.41, 5.74) is 1.83. The van der Waals surface area contributed by atoms with Crippen LogP contribution in [0.5, 0.6) is 0 Å². The number of anilines is 1. The number of nitriles is 1. The topological polar surface area (TPSA) is 35.8 Å². The number of thioether (sulfide) groups is 1. The van der Waals surface area contributed by atoms with Crippen LogP contribution in [0.1, 0.15) is 24.8 Å². The van der Waals surface area contributed by atoms with Gasteiger partial charge >= 0.3 is 0 Å². The van der Waals surface area contributed by atoms with E-state index in [4.69, 9.17) is 5.26 Å². The number of nitrogens with one attached hydrogen (secondary N) is 1. The van der Waals surface area contributed by atoms with Crippen molar-refractivity contribution in [3.05, 3.63) is 29.8 Å². The molecule has 1 aliphatic rings. The van der Waals surface area contributed by atoms with Crippen molar-refractivity contribution < 1.29 is 0 Å². The Balaban J connectivity index is 1.92. The first-order chi connectivity index (χ1) is 7.78. The molecular formula is C13H16N2S. The predicted octanol–water partition coefficient (Wildman–Crippen LogP) is 3.26. The van der Waals surface area contributed by atoms with Crippen LogP contribution in [-0.2, 0) is 0 Å². The molecule has 84 valence electrons. The van der Waals surface area contributed by atoms with E-state index >= 15 is 0 Å². The van der Waals surface area contributed by atoms with Crippen LogP contribution in [0.3, 0.4) is 0 Å². The van der Waals surface area contributed by atoms with E-state index in [2.05, 4.69) is 17.6 Å². The van der Waals surface area contributed by atoms with Gasteiger partial charge < -0.3 is 5.32 Å². The van der Waals surface area contributed by atoms with Crippen molar-refractivity contribution in [2.75, 3.05) is 18.1 Å². The standard InChI is InChI=1S/C13H16N2S/c1-16-13(7-2-8-13)10-15-12-5-3-11(9-14)4-6-12/h3-6,15H,2,7-8,10H2,1H3. The van der Waals surface area contributed by atoms with Gasteiger partial charge in [-0.2, -0.15) is 17.0 Å². The molecule has 1 saturated carbocycles. The van der Waals surface area contributed by atoms with Gasteiger partial charge in [0.2, 0.25) is 0 Å². The van der Waals surface area contributed by atoms with Crippen LogP contribution in [0.2, 0.25) is 0 Å². The fourth-order valence-electron chi connectivity index (χ4n) is 1.95.